The number of nitrogens with zero attached hydrogens (tertiary/aromatic N) is 6. The Morgan fingerprint density at radius 3 is 3.00 bits per heavy atom. The van der Waals surface area contributed by atoms with E-state index in [0.29, 0.717) is 5.75 Å². The van der Waals surface area contributed by atoms with Crippen molar-refractivity contribution in [2.45, 2.75) is 43.3 Å². The molecule has 0 aliphatic heterocycles. The first-order valence-electron chi connectivity index (χ1n) is 7.91. The van der Waals surface area contributed by atoms with Crippen molar-refractivity contribution in [3.05, 3.63) is 34.6 Å². The third-order valence-corrected chi connectivity index (χ3v) is 5.95. The van der Waals surface area contributed by atoms with Gasteiger partial charge in [0.05, 0.1) is 5.75 Å². The van der Waals surface area contributed by atoms with Crippen LogP contribution in [-0.2, 0) is 12.3 Å². The van der Waals surface area contributed by atoms with Gasteiger partial charge in [0, 0.05) is 17.3 Å². The molecule has 132 valence electrons. The standard InChI is InChI=1S/C15H18ClN7S2/c1-3-4-8-23-13(18-21-22-23)9-24-15-20-19-14(25-15)17-12-7-5-6-11(16)10(12)2/h5-7H,3-4,8-9H2,1-2H3,(H,17,19). The second kappa shape index (κ2) is 8.59. The second-order valence-electron chi connectivity index (χ2n) is 5.37. The van der Waals surface area contributed by atoms with Gasteiger partial charge in [-0.3, -0.25) is 0 Å². The van der Waals surface area contributed by atoms with E-state index in [4.69, 9.17) is 11.6 Å². The van der Waals surface area contributed by atoms with Crippen molar-refractivity contribution in [3.63, 3.8) is 0 Å². The highest BCUT2D eigenvalue weighted by atomic mass is 35.5. The molecule has 25 heavy (non-hydrogen) atoms. The van der Waals surface area contributed by atoms with E-state index in [0.717, 1.165) is 51.0 Å². The van der Waals surface area contributed by atoms with Crippen LogP contribution in [0.5, 0.6) is 0 Å². The summed E-state index contributed by atoms with van der Waals surface area (Å²) in [5.41, 5.74) is 1.92. The molecule has 0 saturated carbocycles. The fourth-order valence-electron chi connectivity index (χ4n) is 2.11. The van der Waals surface area contributed by atoms with Gasteiger partial charge in [-0.05, 0) is 41.5 Å². The molecule has 0 fully saturated rings. The number of rotatable bonds is 8. The summed E-state index contributed by atoms with van der Waals surface area (Å²) >= 11 is 9.22. The van der Waals surface area contributed by atoms with E-state index in [1.54, 1.807) is 11.8 Å². The second-order valence-corrected chi connectivity index (χ2v) is 7.98. The first-order chi connectivity index (χ1) is 12.2. The highest BCUT2D eigenvalue weighted by molar-refractivity contribution is 8.00. The van der Waals surface area contributed by atoms with Crippen molar-refractivity contribution in [1.82, 2.24) is 30.4 Å². The quantitative estimate of drug-likeness (QED) is 0.568. The molecule has 0 bridgehead atoms. The van der Waals surface area contributed by atoms with Crippen molar-refractivity contribution in [2.75, 3.05) is 5.32 Å². The summed E-state index contributed by atoms with van der Waals surface area (Å²) in [6.07, 6.45) is 2.18. The molecule has 3 aromatic rings. The van der Waals surface area contributed by atoms with Crippen LogP contribution in [0, 0.1) is 6.92 Å². The molecule has 10 heteroatoms. The Morgan fingerprint density at radius 2 is 2.16 bits per heavy atom. The van der Waals surface area contributed by atoms with Gasteiger partial charge in [-0.1, -0.05) is 54.1 Å². The van der Waals surface area contributed by atoms with Gasteiger partial charge in [0.2, 0.25) is 5.13 Å². The van der Waals surface area contributed by atoms with Gasteiger partial charge in [-0.2, -0.15) is 0 Å². The highest BCUT2D eigenvalue weighted by Crippen LogP contribution is 2.31. The maximum atomic E-state index is 6.15. The van der Waals surface area contributed by atoms with Crippen molar-refractivity contribution in [2.24, 2.45) is 0 Å². The largest absolute Gasteiger partial charge is 0.330 e. The van der Waals surface area contributed by atoms with Gasteiger partial charge in [0.25, 0.3) is 0 Å². The van der Waals surface area contributed by atoms with Crippen molar-refractivity contribution >= 4 is 45.5 Å². The molecule has 0 radical (unpaired) electrons. The molecule has 0 aliphatic carbocycles. The van der Waals surface area contributed by atoms with E-state index < -0.39 is 0 Å². The van der Waals surface area contributed by atoms with Crippen LogP contribution in [0.1, 0.15) is 31.2 Å². The molecule has 2 aromatic heterocycles. The average molecular weight is 396 g/mol. The van der Waals surface area contributed by atoms with Crippen LogP contribution in [0.2, 0.25) is 5.02 Å². The Morgan fingerprint density at radius 1 is 1.28 bits per heavy atom. The molecule has 0 atom stereocenters. The molecule has 2 heterocycles. The Bertz CT molecular complexity index is 833. The van der Waals surface area contributed by atoms with Crippen LogP contribution >= 0.6 is 34.7 Å². The maximum Gasteiger partial charge on any atom is 0.210 e. The smallest absolute Gasteiger partial charge is 0.210 e. The lowest BCUT2D eigenvalue weighted by Gasteiger charge is -2.06. The first kappa shape index (κ1) is 18.1. The van der Waals surface area contributed by atoms with Gasteiger partial charge in [-0.15, -0.1) is 15.3 Å². The number of benzene rings is 1. The van der Waals surface area contributed by atoms with Crippen LogP contribution in [0.4, 0.5) is 10.8 Å². The molecule has 0 aliphatic rings. The van der Waals surface area contributed by atoms with Crippen LogP contribution in [-0.4, -0.2) is 30.4 Å². The zero-order valence-electron chi connectivity index (χ0n) is 13.9. The van der Waals surface area contributed by atoms with E-state index in [2.05, 4.69) is 38.0 Å². The number of thioether (sulfide) groups is 1. The molecule has 0 spiro atoms. The minimum atomic E-state index is 0.668. The van der Waals surface area contributed by atoms with Crippen LogP contribution in [0.15, 0.2) is 22.5 Å². The number of aromatic nitrogens is 6. The molecule has 0 unspecified atom stereocenters. The molecule has 0 amide bonds. The van der Waals surface area contributed by atoms with Crippen LogP contribution < -0.4 is 5.32 Å². The molecule has 1 N–H and O–H groups in total. The minimum absolute atomic E-state index is 0.668. The Labute approximate surface area is 159 Å². The predicted octanol–water partition coefficient (Wildman–Crippen LogP) is 4.32. The number of tetrazole rings is 1. The molecule has 0 saturated heterocycles. The highest BCUT2D eigenvalue weighted by Gasteiger charge is 2.11. The van der Waals surface area contributed by atoms with Gasteiger partial charge >= 0.3 is 0 Å². The predicted molar refractivity (Wildman–Crippen MR) is 102 cm³/mol. The van der Waals surface area contributed by atoms with E-state index in [9.17, 15) is 0 Å². The SMILES string of the molecule is CCCCn1nnnc1CSc1nnc(Nc2cccc(Cl)c2C)s1. The molecule has 3 rings (SSSR count). The molecular weight excluding hydrogens is 378 g/mol. The fraction of sp³-hybridized carbons (Fsp3) is 0.400. The zero-order valence-corrected chi connectivity index (χ0v) is 16.3. The van der Waals surface area contributed by atoms with Gasteiger partial charge in [-0.25, -0.2) is 4.68 Å². The van der Waals surface area contributed by atoms with Gasteiger partial charge in [0.1, 0.15) is 0 Å². The number of unbranched alkanes of at least 4 members (excludes halogenated alkanes) is 1. The summed E-state index contributed by atoms with van der Waals surface area (Å²) in [6.45, 7) is 4.96. The first-order valence-corrected chi connectivity index (χ1v) is 10.1. The topological polar surface area (TPSA) is 81.4 Å². The zero-order chi connectivity index (χ0) is 17.6. The van der Waals surface area contributed by atoms with Crippen LogP contribution in [0.25, 0.3) is 0 Å². The monoisotopic (exact) mass is 395 g/mol. The Balaban J connectivity index is 1.61. The number of hydrogen-bond acceptors (Lipinski definition) is 8. The number of hydrogen-bond donors (Lipinski definition) is 1. The Kier molecular flexibility index (Phi) is 6.22. The summed E-state index contributed by atoms with van der Waals surface area (Å²) in [5, 5.41) is 25.0. The molecular formula is C15H18ClN7S2. The number of halogens is 1. The Hall–Kier alpha value is -1.71. The third-order valence-electron chi connectivity index (χ3n) is 3.57. The molecule has 1 aromatic carbocycles. The van der Waals surface area contributed by atoms with E-state index in [-0.39, 0.29) is 0 Å². The van der Waals surface area contributed by atoms with E-state index in [1.807, 2.05) is 29.8 Å². The van der Waals surface area contributed by atoms with Crippen molar-refractivity contribution < 1.29 is 0 Å². The molecule has 7 nitrogen and oxygen atoms in total. The number of nitrogens with one attached hydrogen (secondary N) is 1. The number of aryl methyl sites for hydroxylation is 1. The summed E-state index contributed by atoms with van der Waals surface area (Å²) in [5.74, 6) is 1.52. The third kappa shape index (κ3) is 4.68. The summed E-state index contributed by atoms with van der Waals surface area (Å²) in [4.78, 5) is 0. The van der Waals surface area contributed by atoms with Crippen molar-refractivity contribution in [3.8, 4) is 0 Å². The average Bonchev–Trinajstić information content (AvgIpc) is 3.24. The van der Waals surface area contributed by atoms with Crippen LogP contribution in [0.3, 0.4) is 0 Å². The minimum Gasteiger partial charge on any atom is -0.330 e. The lowest BCUT2D eigenvalue weighted by molar-refractivity contribution is 0.540. The fourth-order valence-corrected chi connectivity index (χ4v) is 3.98. The lowest BCUT2D eigenvalue weighted by Crippen LogP contribution is -2.04. The van der Waals surface area contributed by atoms with Gasteiger partial charge in [0.15, 0.2) is 10.2 Å². The maximum absolute atomic E-state index is 6.15. The van der Waals surface area contributed by atoms with E-state index >= 15 is 0 Å². The normalized spacial score (nSPS) is 11.0. The van der Waals surface area contributed by atoms with Crippen molar-refractivity contribution in [1.29, 1.82) is 0 Å². The lowest BCUT2D eigenvalue weighted by atomic mass is 10.2. The van der Waals surface area contributed by atoms with Gasteiger partial charge < -0.3 is 5.32 Å². The summed E-state index contributed by atoms with van der Waals surface area (Å²) < 4.78 is 2.72. The summed E-state index contributed by atoms with van der Waals surface area (Å²) in [6, 6.07) is 5.74. The summed E-state index contributed by atoms with van der Waals surface area (Å²) in [7, 11) is 0. The number of anilines is 2. The van der Waals surface area contributed by atoms with E-state index in [1.165, 1.54) is 11.3 Å².